The van der Waals surface area contributed by atoms with Crippen LogP contribution in [0.4, 0.5) is 4.79 Å². The van der Waals surface area contributed by atoms with Gasteiger partial charge in [-0.3, -0.25) is 4.98 Å². The summed E-state index contributed by atoms with van der Waals surface area (Å²) in [5.41, 5.74) is 0. The van der Waals surface area contributed by atoms with Gasteiger partial charge in [0, 0.05) is 38.6 Å². The molecule has 0 radical (unpaired) electrons. The van der Waals surface area contributed by atoms with E-state index < -0.39 is 0 Å². The fraction of sp³-hybridized carbons (Fsp3) is 0.571. The molecule has 1 aromatic heterocycles. The summed E-state index contributed by atoms with van der Waals surface area (Å²) >= 11 is 0. The molecular weight excluding hydrogens is 256 g/mol. The van der Waals surface area contributed by atoms with Gasteiger partial charge in [0.05, 0.1) is 13.1 Å². The van der Waals surface area contributed by atoms with Crippen molar-refractivity contribution >= 4 is 6.03 Å². The predicted octanol–water partition coefficient (Wildman–Crippen LogP) is 0.512. The van der Waals surface area contributed by atoms with Crippen molar-refractivity contribution < 1.29 is 9.53 Å². The molecule has 0 bridgehead atoms. The van der Waals surface area contributed by atoms with Gasteiger partial charge >= 0.3 is 6.03 Å². The lowest BCUT2D eigenvalue weighted by molar-refractivity contribution is 0.0256. The number of amides is 2. The van der Waals surface area contributed by atoms with E-state index in [0.29, 0.717) is 13.1 Å². The van der Waals surface area contributed by atoms with E-state index in [-0.39, 0.29) is 12.1 Å². The highest BCUT2D eigenvalue weighted by atomic mass is 16.5. The number of likely N-dealkylation sites (N-methyl/N-ethyl adjacent to an activating group) is 1. The van der Waals surface area contributed by atoms with Gasteiger partial charge in [-0.15, -0.1) is 0 Å². The van der Waals surface area contributed by atoms with Gasteiger partial charge in [0.1, 0.15) is 11.9 Å². The maximum absolute atomic E-state index is 12.3. The number of rotatable bonds is 2. The van der Waals surface area contributed by atoms with E-state index in [1.165, 1.54) is 0 Å². The van der Waals surface area contributed by atoms with Gasteiger partial charge in [0.2, 0.25) is 0 Å². The van der Waals surface area contributed by atoms with Crippen molar-refractivity contribution in [3.8, 4) is 5.75 Å². The molecule has 0 atom stereocenters. The second-order valence-electron chi connectivity index (χ2n) is 5.40. The molecule has 2 amide bonds. The maximum atomic E-state index is 12.3. The summed E-state index contributed by atoms with van der Waals surface area (Å²) in [6.45, 7) is 4.90. The average molecular weight is 276 g/mol. The Kier molecular flexibility index (Phi) is 3.73. The van der Waals surface area contributed by atoms with Crippen molar-refractivity contribution in [2.45, 2.75) is 6.10 Å². The van der Waals surface area contributed by atoms with Crippen LogP contribution in [0.5, 0.6) is 5.75 Å². The Morgan fingerprint density at radius 1 is 1.15 bits per heavy atom. The lowest BCUT2D eigenvalue weighted by Gasteiger charge is -2.43. The number of piperazine rings is 1. The molecule has 0 unspecified atom stereocenters. The summed E-state index contributed by atoms with van der Waals surface area (Å²) in [6, 6.07) is 3.82. The highest BCUT2D eigenvalue weighted by Gasteiger charge is 2.35. The number of carbonyl (C=O) groups is 1. The van der Waals surface area contributed by atoms with Crippen LogP contribution in [0.2, 0.25) is 0 Å². The number of aromatic nitrogens is 1. The summed E-state index contributed by atoms with van der Waals surface area (Å²) in [7, 11) is 2.09. The average Bonchev–Trinajstić information content (AvgIpc) is 2.44. The topological polar surface area (TPSA) is 48.9 Å². The monoisotopic (exact) mass is 276 g/mol. The van der Waals surface area contributed by atoms with Gasteiger partial charge in [-0.05, 0) is 19.2 Å². The number of pyridine rings is 1. The number of urea groups is 1. The summed E-state index contributed by atoms with van der Waals surface area (Å²) in [4.78, 5) is 22.2. The molecule has 2 aliphatic heterocycles. The number of nitrogens with zero attached hydrogens (tertiary/aromatic N) is 4. The lowest BCUT2D eigenvalue weighted by Crippen LogP contribution is -2.61. The fourth-order valence-corrected chi connectivity index (χ4v) is 2.48. The molecule has 0 spiro atoms. The molecule has 3 rings (SSSR count). The van der Waals surface area contributed by atoms with Crippen LogP contribution < -0.4 is 4.74 Å². The van der Waals surface area contributed by atoms with Gasteiger partial charge in [-0.1, -0.05) is 0 Å². The van der Waals surface area contributed by atoms with Gasteiger partial charge in [-0.2, -0.15) is 0 Å². The van der Waals surface area contributed by atoms with Crippen molar-refractivity contribution in [3.05, 3.63) is 24.5 Å². The summed E-state index contributed by atoms with van der Waals surface area (Å²) in [6.07, 6.45) is 3.52. The fourth-order valence-electron chi connectivity index (χ4n) is 2.48. The van der Waals surface area contributed by atoms with Gasteiger partial charge in [0.25, 0.3) is 0 Å². The molecule has 20 heavy (non-hydrogen) atoms. The van der Waals surface area contributed by atoms with Crippen LogP contribution >= 0.6 is 0 Å². The molecule has 6 nitrogen and oxygen atoms in total. The molecule has 0 saturated carbocycles. The smallest absolute Gasteiger partial charge is 0.320 e. The van der Waals surface area contributed by atoms with Crippen LogP contribution in [-0.2, 0) is 0 Å². The van der Waals surface area contributed by atoms with E-state index in [0.717, 1.165) is 31.9 Å². The Morgan fingerprint density at radius 3 is 2.45 bits per heavy atom. The van der Waals surface area contributed by atoms with Crippen LogP contribution in [0.1, 0.15) is 0 Å². The third-order valence-electron chi connectivity index (χ3n) is 3.84. The quantitative estimate of drug-likeness (QED) is 0.790. The Balaban J connectivity index is 1.44. The molecule has 3 heterocycles. The van der Waals surface area contributed by atoms with E-state index in [1.807, 2.05) is 21.9 Å². The molecule has 0 aromatic carbocycles. The van der Waals surface area contributed by atoms with Gasteiger partial charge in [-0.25, -0.2) is 4.79 Å². The third-order valence-corrected chi connectivity index (χ3v) is 3.84. The minimum absolute atomic E-state index is 0.105. The molecular formula is C14H20N4O2. The van der Waals surface area contributed by atoms with E-state index in [9.17, 15) is 4.79 Å². The highest BCUT2D eigenvalue weighted by Crippen LogP contribution is 2.18. The van der Waals surface area contributed by atoms with Crippen LogP contribution in [0.15, 0.2) is 24.5 Å². The Morgan fingerprint density at radius 2 is 1.80 bits per heavy atom. The first-order valence-electron chi connectivity index (χ1n) is 7.01. The van der Waals surface area contributed by atoms with Crippen LogP contribution in [0.3, 0.4) is 0 Å². The Labute approximate surface area is 118 Å². The molecule has 6 heteroatoms. The van der Waals surface area contributed by atoms with Crippen molar-refractivity contribution in [3.63, 3.8) is 0 Å². The zero-order valence-electron chi connectivity index (χ0n) is 11.7. The molecule has 0 N–H and O–H groups in total. The van der Waals surface area contributed by atoms with Crippen molar-refractivity contribution in [1.29, 1.82) is 0 Å². The first-order chi connectivity index (χ1) is 9.72. The number of carbonyl (C=O) groups excluding carboxylic acids is 1. The van der Waals surface area contributed by atoms with Crippen LogP contribution in [0.25, 0.3) is 0 Å². The zero-order chi connectivity index (χ0) is 13.9. The Bertz CT molecular complexity index is 454. The lowest BCUT2D eigenvalue weighted by atomic mass is 10.2. The Hall–Kier alpha value is -1.82. The highest BCUT2D eigenvalue weighted by molar-refractivity contribution is 5.75. The maximum Gasteiger partial charge on any atom is 0.320 e. The largest absolute Gasteiger partial charge is 0.487 e. The van der Waals surface area contributed by atoms with E-state index in [4.69, 9.17) is 4.74 Å². The molecule has 2 aliphatic rings. The number of likely N-dealkylation sites (tertiary alicyclic amines) is 1. The first-order valence-corrected chi connectivity index (χ1v) is 7.01. The number of ether oxygens (including phenoxy) is 1. The van der Waals surface area contributed by atoms with E-state index >= 15 is 0 Å². The van der Waals surface area contributed by atoms with Crippen molar-refractivity contribution in [1.82, 2.24) is 19.7 Å². The minimum Gasteiger partial charge on any atom is -0.487 e. The number of hydrogen-bond donors (Lipinski definition) is 0. The standard InChI is InChI=1S/C14H20N4O2/c1-16-6-8-17(9-7-16)14(19)18-10-13(11-18)20-12-2-4-15-5-3-12/h2-5,13H,6-11H2,1H3. The molecule has 0 aliphatic carbocycles. The van der Waals surface area contributed by atoms with Crippen LogP contribution in [-0.4, -0.2) is 78.1 Å². The molecule has 2 fully saturated rings. The SMILES string of the molecule is CN1CCN(C(=O)N2CC(Oc3ccncc3)C2)CC1. The third kappa shape index (κ3) is 2.85. The van der Waals surface area contributed by atoms with E-state index in [1.54, 1.807) is 12.4 Å². The van der Waals surface area contributed by atoms with Gasteiger partial charge in [0.15, 0.2) is 0 Å². The number of hydrogen-bond acceptors (Lipinski definition) is 4. The minimum atomic E-state index is 0.105. The molecule has 108 valence electrons. The van der Waals surface area contributed by atoms with Gasteiger partial charge < -0.3 is 19.4 Å². The van der Waals surface area contributed by atoms with Crippen molar-refractivity contribution in [2.75, 3.05) is 46.3 Å². The summed E-state index contributed by atoms with van der Waals surface area (Å²) in [5, 5.41) is 0. The molecule has 2 saturated heterocycles. The normalized spacial score (nSPS) is 20.6. The zero-order valence-corrected chi connectivity index (χ0v) is 11.7. The van der Waals surface area contributed by atoms with Crippen LogP contribution in [0, 0.1) is 0 Å². The summed E-state index contributed by atoms with van der Waals surface area (Å²) < 4.78 is 5.77. The summed E-state index contributed by atoms with van der Waals surface area (Å²) in [5.74, 6) is 0.816. The van der Waals surface area contributed by atoms with Crippen molar-refractivity contribution in [2.24, 2.45) is 0 Å². The second-order valence-corrected chi connectivity index (χ2v) is 5.40. The first kappa shape index (κ1) is 13.2. The second kappa shape index (κ2) is 5.66. The van der Waals surface area contributed by atoms with E-state index in [2.05, 4.69) is 16.9 Å². The molecule has 1 aromatic rings. The predicted molar refractivity (Wildman–Crippen MR) is 74.7 cm³/mol.